The minimum atomic E-state index is -4.32. The summed E-state index contributed by atoms with van der Waals surface area (Å²) in [6.07, 6.45) is 0.890. The second-order valence-electron chi connectivity index (χ2n) is 6.97. The Morgan fingerprint density at radius 1 is 1.23 bits per heavy atom. The van der Waals surface area contributed by atoms with E-state index in [1.165, 1.54) is 25.7 Å². The molecular weight excluding hydrogens is 458 g/mol. The fraction of sp³-hybridized carbons (Fsp3) is 0.611. The van der Waals surface area contributed by atoms with E-state index in [1.54, 1.807) is 31.3 Å². The Hall–Kier alpha value is -1.19. The Balaban J connectivity index is 0.00000243. The van der Waals surface area contributed by atoms with Crippen LogP contribution >= 0.6 is 24.0 Å². The van der Waals surface area contributed by atoms with Crippen LogP contribution in [0.15, 0.2) is 29.3 Å². The fourth-order valence-electron chi connectivity index (χ4n) is 3.58. The van der Waals surface area contributed by atoms with Gasteiger partial charge in [0, 0.05) is 26.7 Å². The number of aliphatic imine (C=N–C) groups is 1. The predicted molar refractivity (Wildman–Crippen MR) is 106 cm³/mol. The summed E-state index contributed by atoms with van der Waals surface area (Å²) in [7, 11) is 1.78. The van der Waals surface area contributed by atoms with E-state index >= 15 is 0 Å². The fourth-order valence-corrected chi connectivity index (χ4v) is 3.58. The molecule has 1 saturated carbocycles. The van der Waals surface area contributed by atoms with Gasteiger partial charge in [0.25, 0.3) is 0 Å². The lowest BCUT2D eigenvalue weighted by atomic mass is 9.68. The standard InChI is InChI=1S/C18H24F3N3O.HI/c1-22-16(24-10-9-17(12-24)7-2-8-17)23-11-14-3-5-15(6-4-14)25-13-18(19,20)21;/h3-6H,2,7-13H2,1H3,(H,22,23);1H. The van der Waals surface area contributed by atoms with E-state index in [0.717, 1.165) is 24.6 Å². The molecule has 1 aromatic carbocycles. The van der Waals surface area contributed by atoms with Crippen molar-refractivity contribution < 1.29 is 17.9 Å². The average molecular weight is 483 g/mol. The van der Waals surface area contributed by atoms with Gasteiger partial charge in [-0.25, -0.2) is 0 Å². The smallest absolute Gasteiger partial charge is 0.422 e. The number of rotatable bonds is 4. The number of benzene rings is 1. The monoisotopic (exact) mass is 483 g/mol. The van der Waals surface area contributed by atoms with E-state index in [-0.39, 0.29) is 29.7 Å². The highest BCUT2D eigenvalue weighted by Crippen LogP contribution is 2.47. The summed E-state index contributed by atoms with van der Waals surface area (Å²) in [4.78, 5) is 6.67. The second-order valence-corrected chi connectivity index (χ2v) is 6.97. The molecule has 1 N–H and O–H groups in total. The molecule has 1 aliphatic carbocycles. The van der Waals surface area contributed by atoms with Gasteiger partial charge in [0.05, 0.1) is 0 Å². The maximum Gasteiger partial charge on any atom is 0.422 e. The average Bonchev–Trinajstić information content (AvgIpc) is 3.00. The molecule has 146 valence electrons. The third-order valence-electron chi connectivity index (χ3n) is 5.14. The van der Waals surface area contributed by atoms with E-state index in [1.807, 2.05) is 0 Å². The molecule has 0 atom stereocenters. The van der Waals surface area contributed by atoms with Crippen LogP contribution in [0.5, 0.6) is 5.75 Å². The van der Waals surface area contributed by atoms with Crippen molar-refractivity contribution in [1.29, 1.82) is 0 Å². The van der Waals surface area contributed by atoms with E-state index in [4.69, 9.17) is 4.74 Å². The highest BCUT2D eigenvalue weighted by molar-refractivity contribution is 14.0. The normalized spacial score (nSPS) is 19.1. The number of likely N-dealkylation sites (tertiary alicyclic amines) is 1. The Morgan fingerprint density at radius 2 is 1.92 bits per heavy atom. The summed E-state index contributed by atoms with van der Waals surface area (Å²) in [5.74, 6) is 1.11. The molecule has 0 bridgehead atoms. The van der Waals surface area contributed by atoms with Crippen LogP contribution < -0.4 is 10.1 Å². The lowest BCUT2D eigenvalue weighted by molar-refractivity contribution is -0.153. The van der Waals surface area contributed by atoms with Gasteiger partial charge in [-0.15, -0.1) is 24.0 Å². The number of halogens is 4. The Bertz CT molecular complexity index is 615. The lowest BCUT2D eigenvalue weighted by Crippen LogP contribution is -2.42. The molecule has 4 nitrogen and oxygen atoms in total. The van der Waals surface area contributed by atoms with Gasteiger partial charge in [-0.1, -0.05) is 18.6 Å². The molecule has 0 amide bonds. The minimum Gasteiger partial charge on any atom is -0.484 e. The lowest BCUT2D eigenvalue weighted by Gasteiger charge is -2.38. The molecule has 1 aliphatic heterocycles. The molecule has 0 unspecified atom stereocenters. The molecule has 1 heterocycles. The summed E-state index contributed by atoms with van der Waals surface area (Å²) in [6.45, 7) is 1.41. The molecule has 1 saturated heterocycles. The summed E-state index contributed by atoms with van der Waals surface area (Å²) in [5, 5.41) is 3.34. The number of hydrogen-bond donors (Lipinski definition) is 1. The first-order valence-corrected chi connectivity index (χ1v) is 8.63. The zero-order valence-corrected chi connectivity index (χ0v) is 17.1. The van der Waals surface area contributed by atoms with Gasteiger partial charge in [-0.3, -0.25) is 4.99 Å². The van der Waals surface area contributed by atoms with Crippen LogP contribution in [0.3, 0.4) is 0 Å². The maximum absolute atomic E-state index is 12.1. The van der Waals surface area contributed by atoms with E-state index in [9.17, 15) is 13.2 Å². The number of alkyl halides is 3. The molecule has 3 rings (SSSR count). The zero-order valence-electron chi connectivity index (χ0n) is 14.8. The molecule has 8 heteroatoms. The molecule has 0 radical (unpaired) electrons. The first-order chi connectivity index (χ1) is 11.9. The highest BCUT2D eigenvalue weighted by atomic mass is 127. The number of nitrogens with one attached hydrogen (secondary N) is 1. The molecule has 26 heavy (non-hydrogen) atoms. The third-order valence-corrected chi connectivity index (χ3v) is 5.14. The van der Waals surface area contributed by atoms with Gasteiger partial charge in [-0.05, 0) is 42.4 Å². The van der Waals surface area contributed by atoms with Crippen molar-refractivity contribution in [3.05, 3.63) is 29.8 Å². The summed E-state index contributed by atoms with van der Waals surface area (Å²) >= 11 is 0. The van der Waals surface area contributed by atoms with Crippen LogP contribution in [-0.2, 0) is 6.54 Å². The van der Waals surface area contributed by atoms with Crippen LogP contribution in [0.2, 0.25) is 0 Å². The SMILES string of the molecule is CN=C(NCc1ccc(OCC(F)(F)F)cc1)N1CCC2(CCC2)C1.I. The van der Waals surface area contributed by atoms with Gasteiger partial charge in [-0.2, -0.15) is 13.2 Å². The van der Waals surface area contributed by atoms with Gasteiger partial charge in [0.15, 0.2) is 12.6 Å². The van der Waals surface area contributed by atoms with E-state index < -0.39 is 12.8 Å². The van der Waals surface area contributed by atoms with Crippen molar-refractivity contribution in [2.24, 2.45) is 10.4 Å². The first-order valence-electron chi connectivity index (χ1n) is 8.63. The van der Waals surface area contributed by atoms with Crippen LogP contribution in [0.4, 0.5) is 13.2 Å². The predicted octanol–water partition coefficient (Wildman–Crippen LogP) is 4.20. The Morgan fingerprint density at radius 3 is 2.42 bits per heavy atom. The summed E-state index contributed by atoms with van der Waals surface area (Å²) in [6, 6.07) is 6.65. The van der Waals surface area contributed by atoms with Gasteiger partial charge < -0.3 is 15.0 Å². The topological polar surface area (TPSA) is 36.9 Å². The molecule has 1 spiro atoms. The van der Waals surface area contributed by atoms with Crippen molar-refractivity contribution in [1.82, 2.24) is 10.2 Å². The van der Waals surface area contributed by atoms with Gasteiger partial charge in [0.1, 0.15) is 5.75 Å². The molecule has 0 aromatic heterocycles. The molecule has 2 fully saturated rings. The van der Waals surface area contributed by atoms with E-state index in [0.29, 0.717) is 12.0 Å². The van der Waals surface area contributed by atoms with Gasteiger partial charge >= 0.3 is 6.18 Å². The molecule has 1 aromatic rings. The van der Waals surface area contributed by atoms with Crippen molar-refractivity contribution in [3.8, 4) is 5.75 Å². The van der Waals surface area contributed by atoms with E-state index in [2.05, 4.69) is 15.2 Å². The van der Waals surface area contributed by atoms with Crippen molar-refractivity contribution in [3.63, 3.8) is 0 Å². The number of nitrogens with zero attached hydrogens (tertiary/aromatic N) is 2. The van der Waals surface area contributed by atoms with Crippen LogP contribution in [0.1, 0.15) is 31.2 Å². The number of guanidine groups is 1. The zero-order chi connectivity index (χ0) is 17.9. The van der Waals surface area contributed by atoms with Crippen molar-refractivity contribution in [2.75, 3.05) is 26.7 Å². The van der Waals surface area contributed by atoms with Crippen molar-refractivity contribution >= 4 is 29.9 Å². The summed E-state index contributed by atoms with van der Waals surface area (Å²) in [5.41, 5.74) is 1.48. The van der Waals surface area contributed by atoms with Crippen LogP contribution in [0, 0.1) is 5.41 Å². The third kappa shape index (κ3) is 5.40. The van der Waals surface area contributed by atoms with Crippen LogP contribution in [0.25, 0.3) is 0 Å². The first kappa shape index (κ1) is 21.1. The van der Waals surface area contributed by atoms with Crippen LogP contribution in [-0.4, -0.2) is 43.8 Å². The maximum atomic E-state index is 12.1. The molecule has 2 aliphatic rings. The quantitative estimate of drug-likeness (QED) is 0.397. The largest absolute Gasteiger partial charge is 0.484 e. The van der Waals surface area contributed by atoms with Crippen molar-refractivity contribution in [2.45, 2.75) is 38.4 Å². The Kier molecular flexibility index (Phi) is 7.04. The number of ether oxygens (including phenoxy) is 1. The molecular formula is C18H25F3IN3O. The Labute approximate surface area is 169 Å². The number of hydrogen-bond acceptors (Lipinski definition) is 2. The van der Waals surface area contributed by atoms with Gasteiger partial charge in [0.2, 0.25) is 0 Å². The summed E-state index contributed by atoms with van der Waals surface area (Å²) < 4.78 is 41.2. The second kappa shape index (κ2) is 8.67. The minimum absolute atomic E-state index is 0. The highest BCUT2D eigenvalue weighted by Gasteiger charge is 2.43.